The first-order chi connectivity index (χ1) is 15.7. The van der Waals surface area contributed by atoms with Crippen LogP contribution in [0.25, 0.3) is 0 Å². The lowest BCUT2D eigenvalue weighted by Gasteiger charge is -2.45. The molecule has 1 unspecified atom stereocenters. The third-order valence-corrected chi connectivity index (χ3v) is 7.57. The Kier molecular flexibility index (Phi) is 6.49. The maximum Gasteiger partial charge on any atom is 0.254 e. The number of piperazine rings is 1. The second kappa shape index (κ2) is 9.49. The van der Waals surface area contributed by atoms with Crippen molar-refractivity contribution < 1.29 is 19.1 Å². The zero-order chi connectivity index (χ0) is 22.0. The summed E-state index contributed by atoms with van der Waals surface area (Å²) in [5.41, 5.74) is 0.472. The maximum absolute atomic E-state index is 13.3. The molecule has 7 nitrogen and oxygen atoms in total. The van der Waals surface area contributed by atoms with Crippen molar-refractivity contribution in [3.63, 3.8) is 0 Å². The van der Waals surface area contributed by atoms with Gasteiger partial charge in [0.15, 0.2) is 0 Å². The van der Waals surface area contributed by atoms with Gasteiger partial charge in [-0.05, 0) is 44.1 Å². The molecule has 1 saturated carbocycles. The molecule has 4 aliphatic rings. The number of likely N-dealkylation sites (tertiary alicyclic amines) is 1. The highest BCUT2D eigenvalue weighted by molar-refractivity contribution is 5.88. The van der Waals surface area contributed by atoms with E-state index in [4.69, 9.17) is 9.47 Å². The Morgan fingerprint density at radius 2 is 1.72 bits per heavy atom. The van der Waals surface area contributed by atoms with Crippen molar-refractivity contribution in [1.82, 2.24) is 14.7 Å². The summed E-state index contributed by atoms with van der Waals surface area (Å²) in [5.74, 6) is 0.416. The number of ether oxygens (including phenoxy) is 2. The number of hydrogen-bond donors (Lipinski definition) is 0. The smallest absolute Gasteiger partial charge is 0.254 e. The zero-order valence-corrected chi connectivity index (χ0v) is 18.9. The van der Waals surface area contributed by atoms with E-state index in [9.17, 15) is 9.59 Å². The monoisotopic (exact) mass is 441 g/mol. The number of rotatable bonds is 6. The van der Waals surface area contributed by atoms with Crippen LogP contribution in [0.15, 0.2) is 30.3 Å². The van der Waals surface area contributed by atoms with Crippen LogP contribution in [0, 0.1) is 0 Å². The Bertz CT molecular complexity index is 799. The maximum atomic E-state index is 13.3. The van der Waals surface area contributed by atoms with Crippen LogP contribution in [-0.4, -0.2) is 90.1 Å². The van der Waals surface area contributed by atoms with E-state index in [1.54, 1.807) is 0 Å². The van der Waals surface area contributed by atoms with Crippen molar-refractivity contribution in [3.8, 4) is 0 Å². The van der Waals surface area contributed by atoms with Crippen LogP contribution in [0.4, 0.5) is 0 Å². The lowest BCUT2D eigenvalue weighted by Crippen LogP contribution is -2.61. The molecule has 1 aromatic rings. The highest BCUT2D eigenvalue weighted by Crippen LogP contribution is 2.42. The minimum absolute atomic E-state index is 0.0342. The second-order valence-electron chi connectivity index (χ2n) is 9.63. The molecular weight excluding hydrogens is 406 g/mol. The molecule has 7 heteroatoms. The van der Waals surface area contributed by atoms with Gasteiger partial charge >= 0.3 is 0 Å². The van der Waals surface area contributed by atoms with Crippen molar-refractivity contribution in [1.29, 1.82) is 0 Å². The number of benzene rings is 1. The lowest BCUT2D eigenvalue weighted by molar-refractivity contribution is -0.152. The van der Waals surface area contributed by atoms with Crippen LogP contribution in [0.3, 0.4) is 0 Å². The van der Waals surface area contributed by atoms with Crippen molar-refractivity contribution in [3.05, 3.63) is 35.9 Å². The molecule has 0 aromatic heterocycles. The first-order valence-corrected chi connectivity index (χ1v) is 12.3. The standard InChI is InChI=1S/C25H35N3O4/c29-23-22(7-4-12-28(23)21-8-17-31-18-9-21)26-13-15-27(16-14-26)24(30)25(10-11-25)32-19-20-5-2-1-3-6-20/h1-3,5-6,21-22H,4,7-19H2. The van der Waals surface area contributed by atoms with Gasteiger partial charge in [0, 0.05) is 52.0 Å². The summed E-state index contributed by atoms with van der Waals surface area (Å²) in [6.07, 6.45) is 5.50. The van der Waals surface area contributed by atoms with Crippen molar-refractivity contribution in [2.75, 3.05) is 45.9 Å². The van der Waals surface area contributed by atoms with Crippen LogP contribution in [0.5, 0.6) is 0 Å². The molecule has 3 saturated heterocycles. The molecule has 0 spiro atoms. The van der Waals surface area contributed by atoms with Crippen LogP contribution >= 0.6 is 0 Å². The van der Waals surface area contributed by atoms with Gasteiger partial charge in [-0.1, -0.05) is 30.3 Å². The van der Waals surface area contributed by atoms with Gasteiger partial charge in [0.05, 0.1) is 12.6 Å². The Hall–Kier alpha value is -1.96. The third-order valence-electron chi connectivity index (χ3n) is 7.57. The van der Waals surface area contributed by atoms with Crippen LogP contribution < -0.4 is 0 Å². The van der Waals surface area contributed by atoms with E-state index in [1.165, 1.54) is 0 Å². The lowest BCUT2D eigenvalue weighted by atomic mass is 9.97. The van der Waals surface area contributed by atoms with Crippen LogP contribution in [0.1, 0.15) is 44.1 Å². The third kappa shape index (κ3) is 4.56. The van der Waals surface area contributed by atoms with Gasteiger partial charge < -0.3 is 19.3 Å². The summed E-state index contributed by atoms with van der Waals surface area (Å²) in [7, 11) is 0. The van der Waals surface area contributed by atoms with Gasteiger partial charge in [0.2, 0.25) is 5.91 Å². The minimum Gasteiger partial charge on any atom is -0.381 e. The molecule has 5 rings (SSSR count). The van der Waals surface area contributed by atoms with Gasteiger partial charge in [0.25, 0.3) is 5.91 Å². The fraction of sp³-hybridized carbons (Fsp3) is 0.680. The van der Waals surface area contributed by atoms with Crippen LogP contribution in [-0.2, 0) is 25.7 Å². The first kappa shape index (κ1) is 21.9. The Morgan fingerprint density at radius 1 is 1.00 bits per heavy atom. The van der Waals surface area contributed by atoms with E-state index in [0.29, 0.717) is 25.7 Å². The van der Waals surface area contributed by atoms with E-state index < -0.39 is 5.60 Å². The fourth-order valence-corrected chi connectivity index (χ4v) is 5.43. The number of hydrogen-bond acceptors (Lipinski definition) is 5. The molecule has 3 aliphatic heterocycles. The summed E-state index contributed by atoms with van der Waals surface area (Å²) < 4.78 is 11.6. The number of amides is 2. The van der Waals surface area contributed by atoms with Gasteiger partial charge in [-0.15, -0.1) is 0 Å². The highest BCUT2D eigenvalue weighted by Gasteiger charge is 2.53. The first-order valence-electron chi connectivity index (χ1n) is 12.3. The second-order valence-corrected chi connectivity index (χ2v) is 9.63. The van der Waals surface area contributed by atoms with Gasteiger partial charge in [-0.2, -0.15) is 0 Å². The van der Waals surface area contributed by atoms with Gasteiger partial charge in [0.1, 0.15) is 5.60 Å². The van der Waals surface area contributed by atoms with Crippen molar-refractivity contribution >= 4 is 11.8 Å². The molecule has 4 fully saturated rings. The molecule has 1 atom stereocenters. The molecule has 1 aliphatic carbocycles. The van der Waals surface area contributed by atoms with E-state index in [1.807, 2.05) is 35.2 Å². The molecule has 2 amide bonds. The Morgan fingerprint density at radius 3 is 2.41 bits per heavy atom. The highest BCUT2D eigenvalue weighted by atomic mass is 16.5. The summed E-state index contributed by atoms with van der Waals surface area (Å²) in [6, 6.07) is 10.3. The summed E-state index contributed by atoms with van der Waals surface area (Å²) in [5, 5.41) is 0. The molecule has 1 aromatic carbocycles. The number of carbonyl (C=O) groups is 2. The summed E-state index contributed by atoms with van der Waals surface area (Å²) >= 11 is 0. The van der Waals surface area contributed by atoms with Crippen molar-refractivity contribution in [2.24, 2.45) is 0 Å². The summed E-state index contributed by atoms with van der Waals surface area (Å²) in [4.78, 5) is 32.9. The molecule has 174 valence electrons. The van der Waals surface area contributed by atoms with E-state index >= 15 is 0 Å². The van der Waals surface area contributed by atoms with E-state index in [-0.39, 0.29) is 17.9 Å². The molecule has 0 radical (unpaired) electrons. The topological polar surface area (TPSA) is 62.3 Å². The predicted octanol–water partition coefficient (Wildman–Crippen LogP) is 2.05. The quantitative estimate of drug-likeness (QED) is 0.676. The average Bonchev–Trinajstić information content (AvgIpc) is 3.65. The zero-order valence-electron chi connectivity index (χ0n) is 18.9. The Balaban J connectivity index is 1.13. The largest absolute Gasteiger partial charge is 0.381 e. The molecule has 3 heterocycles. The van der Waals surface area contributed by atoms with Crippen molar-refractivity contribution in [2.45, 2.75) is 62.8 Å². The number of carbonyl (C=O) groups excluding carboxylic acids is 2. The predicted molar refractivity (Wildman–Crippen MR) is 120 cm³/mol. The van der Waals surface area contributed by atoms with E-state index in [0.717, 1.165) is 76.9 Å². The molecule has 0 bridgehead atoms. The van der Waals surface area contributed by atoms with E-state index in [2.05, 4.69) is 9.80 Å². The Labute approximate surface area is 190 Å². The average molecular weight is 442 g/mol. The molecule has 32 heavy (non-hydrogen) atoms. The minimum atomic E-state index is -0.626. The summed E-state index contributed by atoms with van der Waals surface area (Å²) in [6.45, 7) is 5.75. The SMILES string of the molecule is O=C1C(N2CCN(C(=O)C3(OCc4ccccc4)CC3)CC2)CCCN1C1CCOCC1. The fourth-order valence-electron chi connectivity index (χ4n) is 5.43. The number of nitrogens with zero attached hydrogens (tertiary/aromatic N) is 3. The van der Waals surface area contributed by atoms with Gasteiger partial charge in [-0.3, -0.25) is 14.5 Å². The normalized spacial score (nSPS) is 26.9. The van der Waals surface area contributed by atoms with Crippen LogP contribution in [0.2, 0.25) is 0 Å². The number of piperidine rings is 1. The molecular formula is C25H35N3O4. The van der Waals surface area contributed by atoms with Gasteiger partial charge in [-0.25, -0.2) is 0 Å². The molecule has 0 N–H and O–H groups in total.